The molecule has 0 spiro atoms. The van der Waals surface area contributed by atoms with E-state index in [1.807, 2.05) is 24.3 Å². The molecule has 3 rings (SSSR count). The Labute approximate surface area is 162 Å². The minimum absolute atomic E-state index is 0.193. The summed E-state index contributed by atoms with van der Waals surface area (Å²) >= 11 is 3.40. The summed E-state index contributed by atoms with van der Waals surface area (Å²) in [5.41, 5.74) is 0. The second-order valence-corrected chi connectivity index (χ2v) is 7.83. The average molecular weight is 422 g/mol. The molecule has 0 aromatic heterocycles. The minimum Gasteiger partial charge on any atom is -0.467 e. The van der Waals surface area contributed by atoms with Crippen LogP contribution in [0.5, 0.6) is 5.75 Å². The predicted octanol–water partition coefficient (Wildman–Crippen LogP) is 4.07. The van der Waals surface area contributed by atoms with Gasteiger partial charge in [-0.15, -0.1) is 0 Å². The molecule has 0 saturated heterocycles. The summed E-state index contributed by atoms with van der Waals surface area (Å²) < 4.78 is 11.7. The summed E-state index contributed by atoms with van der Waals surface area (Å²) in [6.45, 7) is 0.290. The summed E-state index contributed by atoms with van der Waals surface area (Å²) in [5.74, 6) is 1.13. The number of esters is 1. The highest BCUT2D eigenvalue weighted by Gasteiger charge is 2.36. The molecule has 1 aromatic carbocycles. The summed E-state index contributed by atoms with van der Waals surface area (Å²) in [4.78, 5) is 26.4. The molecule has 1 unspecified atom stereocenters. The van der Waals surface area contributed by atoms with Crippen LogP contribution in [0, 0.1) is 5.92 Å². The van der Waals surface area contributed by atoms with Crippen LogP contribution in [-0.2, 0) is 14.3 Å². The Morgan fingerprint density at radius 1 is 1.31 bits per heavy atom. The van der Waals surface area contributed by atoms with Crippen LogP contribution in [0.2, 0.25) is 0 Å². The first kappa shape index (κ1) is 19.0. The van der Waals surface area contributed by atoms with Gasteiger partial charge in [0.2, 0.25) is 0 Å². The lowest BCUT2D eigenvalue weighted by molar-refractivity contribution is -0.151. The van der Waals surface area contributed by atoms with Gasteiger partial charge in [-0.1, -0.05) is 54.1 Å². The second-order valence-electron chi connectivity index (χ2n) is 6.91. The Balaban J connectivity index is 1.68. The van der Waals surface area contributed by atoms with E-state index in [9.17, 15) is 9.59 Å². The smallest absolute Gasteiger partial charge is 0.328 e. The largest absolute Gasteiger partial charge is 0.467 e. The number of rotatable bonds is 6. The predicted molar refractivity (Wildman–Crippen MR) is 102 cm³/mol. The molecule has 2 aliphatic rings. The maximum atomic E-state index is 12.5. The summed E-state index contributed by atoms with van der Waals surface area (Å²) in [5, 5.41) is 0. The number of halogens is 1. The van der Waals surface area contributed by atoms with Gasteiger partial charge < -0.3 is 14.4 Å². The SMILES string of the molecule is COC(=O)C(CC1CCCCC1)N1CC(Oc2cccc(Br)c2)=CC1=O. The zero-order valence-electron chi connectivity index (χ0n) is 14.9. The molecule has 0 radical (unpaired) electrons. The molecule has 6 heteroatoms. The number of nitrogens with zero attached hydrogens (tertiary/aromatic N) is 1. The van der Waals surface area contributed by atoms with Gasteiger partial charge in [-0.05, 0) is 30.5 Å². The van der Waals surface area contributed by atoms with E-state index in [4.69, 9.17) is 9.47 Å². The van der Waals surface area contributed by atoms with Crippen LogP contribution in [0.4, 0.5) is 0 Å². The van der Waals surface area contributed by atoms with Crippen molar-refractivity contribution in [3.63, 3.8) is 0 Å². The Morgan fingerprint density at radius 2 is 2.08 bits per heavy atom. The number of methoxy groups -OCH3 is 1. The van der Waals surface area contributed by atoms with Crippen LogP contribution in [-0.4, -0.2) is 36.5 Å². The molecule has 1 atom stereocenters. The highest BCUT2D eigenvalue weighted by atomic mass is 79.9. The van der Waals surface area contributed by atoms with Crippen molar-refractivity contribution in [2.75, 3.05) is 13.7 Å². The third kappa shape index (κ3) is 4.67. The van der Waals surface area contributed by atoms with Crippen molar-refractivity contribution in [3.05, 3.63) is 40.6 Å². The van der Waals surface area contributed by atoms with E-state index in [0.717, 1.165) is 17.3 Å². The number of benzene rings is 1. The van der Waals surface area contributed by atoms with Gasteiger partial charge >= 0.3 is 5.97 Å². The van der Waals surface area contributed by atoms with Gasteiger partial charge in [0, 0.05) is 10.5 Å². The van der Waals surface area contributed by atoms with Crippen LogP contribution >= 0.6 is 15.9 Å². The van der Waals surface area contributed by atoms with Gasteiger partial charge in [0.15, 0.2) is 0 Å². The summed E-state index contributed by atoms with van der Waals surface area (Å²) in [7, 11) is 1.38. The van der Waals surface area contributed by atoms with E-state index in [0.29, 0.717) is 23.8 Å². The van der Waals surface area contributed by atoms with E-state index >= 15 is 0 Å². The van der Waals surface area contributed by atoms with E-state index in [2.05, 4.69) is 15.9 Å². The van der Waals surface area contributed by atoms with Crippen molar-refractivity contribution in [2.24, 2.45) is 5.92 Å². The molecule has 1 fully saturated rings. The second kappa shape index (κ2) is 8.71. The monoisotopic (exact) mass is 421 g/mol. The Bertz CT molecular complexity index is 697. The van der Waals surface area contributed by atoms with Crippen LogP contribution < -0.4 is 4.74 Å². The van der Waals surface area contributed by atoms with Gasteiger partial charge in [-0.25, -0.2) is 4.79 Å². The van der Waals surface area contributed by atoms with Crippen LogP contribution in [0.25, 0.3) is 0 Å². The molecule has 1 aliphatic carbocycles. The molecule has 0 N–H and O–H groups in total. The third-order valence-electron chi connectivity index (χ3n) is 5.07. The zero-order valence-corrected chi connectivity index (χ0v) is 16.5. The summed E-state index contributed by atoms with van der Waals surface area (Å²) in [6.07, 6.45) is 8.01. The van der Waals surface area contributed by atoms with Crippen molar-refractivity contribution < 1.29 is 19.1 Å². The molecular formula is C20H24BrNO4. The number of carbonyl (C=O) groups is 2. The number of hydrogen-bond acceptors (Lipinski definition) is 4. The van der Waals surface area contributed by atoms with Crippen molar-refractivity contribution >= 4 is 27.8 Å². The fourth-order valence-electron chi connectivity index (χ4n) is 3.74. The molecule has 26 heavy (non-hydrogen) atoms. The van der Waals surface area contributed by atoms with Crippen LogP contribution in [0.3, 0.4) is 0 Å². The Kier molecular flexibility index (Phi) is 6.35. The molecule has 1 aromatic rings. The molecule has 1 aliphatic heterocycles. The first-order valence-electron chi connectivity index (χ1n) is 9.09. The number of amides is 1. The molecule has 1 saturated carbocycles. The average Bonchev–Trinajstić information content (AvgIpc) is 3.00. The maximum absolute atomic E-state index is 12.5. The highest BCUT2D eigenvalue weighted by molar-refractivity contribution is 9.10. The first-order chi connectivity index (χ1) is 12.6. The zero-order chi connectivity index (χ0) is 18.5. The van der Waals surface area contributed by atoms with Crippen molar-refractivity contribution in [1.82, 2.24) is 4.90 Å². The van der Waals surface area contributed by atoms with E-state index < -0.39 is 6.04 Å². The van der Waals surface area contributed by atoms with Gasteiger partial charge in [0.05, 0.1) is 13.7 Å². The number of ether oxygens (including phenoxy) is 2. The van der Waals surface area contributed by atoms with Gasteiger partial charge in [-0.3, -0.25) is 4.79 Å². The lowest BCUT2D eigenvalue weighted by atomic mass is 9.84. The fraction of sp³-hybridized carbons (Fsp3) is 0.500. The van der Waals surface area contributed by atoms with E-state index in [1.165, 1.54) is 32.4 Å². The standard InChI is InChI=1S/C20H24BrNO4/c1-25-20(24)18(10-14-6-3-2-4-7-14)22-13-17(12-19(22)23)26-16-9-5-8-15(21)11-16/h5,8-9,11-12,14,18H,2-4,6-7,10,13H2,1H3. The minimum atomic E-state index is -0.546. The van der Waals surface area contributed by atoms with Gasteiger partial charge in [0.25, 0.3) is 5.91 Å². The molecule has 140 valence electrons. The molecular weight excluding hydrogens is 398 g/mol. The third-order valence-corrected chi connectivity index (χ3v) is 5.56. The quantitative estimate of drug-likeness (QED) is 0.649. The van der Waals surface area contributed by atoms with Gasteiger partial charge in [-0.2, -0.15) is 0 Å². The normalized spacial score (nSPS) is 19.2. The highest BCUT2D eigenvalue weighted by Crippen LogP contribution is 2.31. The Hall–Kier alpha value is -1.82. The molecule has 1 heterocycles. The fourth-order valence-corrected chi connectivity index (χ4v) is 4.12. The number of carbonyl (C=O) groups excluding carboxylic acids is 2. The van der Waals surface area contributed by atoms with E-state index in [-0.39, 0.29) is 18.4 Å². The molecule has 5 nitrogen and oxygen atoms in total. The first-order valence-corrected chi connectivity index (χ1v) is 9.88. The van der Waals surface area contributed by atoms with Gasteiger partial charge in [0.1, 0.15) is 17.6 Å². The van der Waals surface area contributed by atoms with Crippen LogP contribution in [0.15, 0.2) is 40.6 Å². The molecule has 0 bridgehead atoms. The topological polar surface area (TPSA) is 55.8 Å². The molecule has 1 amide bonds. The van der Waals surface area contributed by atoms with Crippen LogP contribution in [0.1, 0.15) is 38.5 Å². The lowest BCUT2D eigenvalue weighted by Gasteiger charge is -2.30. The number of hydrogen-bond donors (Lipinski definition) is 0. The van der Waals surface area contributed by atoms with Crippen molar-refractivity contribution in [2.45, 2.75) is 44.6 Å². The van der Waals surface area contributed by atoms with Crippen molar-refractivity contribution in [3.8, 4) is 5.75 Å². The van der Waals surface area contributed by atoms with E-state index in [1.54, 1.807) is 4.90 Å². The van der Waals surface area contributed by atoms with Crippen molar-refractivity contribution in [1.29, 1.82) is 0 Å². The summed E-state index contributed by atoms with van der Waals surface area (Å²) in [6, 6.07) is 6.90. The lowest BCUT2D eigenvalue weighted by Crippen LogP contribution is -2.44. The Morgan fingerprint density at radius 3 is 2.77 bits per heavy atom. The maximum Gasteiger partial charge on any atom is 0.328 e.